The fourth-order valence-electron chi connectivity index (χ4n) is 3.74. The van der Waals surface area contributed by atoms with E-state index in [-0.39, 0.29) is 11.9 Å². The summed E-state index contributed by atoms with van der Waals surface area (Å²) in [6.45, 7) is 3.30. The topological polar surface area (TPSA) is 76.2 Å². The number of nitrogens with zero attached hydrogens (tertiary/aromatic N) is 4. The first kappa shape index (κ1) is 17.9. The Hall–Kier alpha value is -3.13. The first-order valence-electron chi connectivity index (χ1n) is 9.70. The van der Waals surface area contributed by atoms with E-state index in [0.717, 1.165) is 41.3 Å². The lowest BCUT2D eigenvalue weighted by atomic mass is 10.2. The highest BCUT2D eigenvalue weighted by molar-refractivity contribution is 7.16. The van der Waals surface area contributed by atoms with Gasteiger partial charge in [0.05, 0.1) is 11.7 Å². The highest BCUT2D eigenvalue weighted by Gasteiger charge is 2.29. The monoisotopic (exact) mass is 407 g/mol. The van der Waals surface area contributed by atoms with E-state index in [4.69, 9.17) is 4.42 Å². The van der Waals surface area contributed by atoms with Gasteiger partial charge in [0.15, 0.2) is 10.7 Å². The first-order chi connectivity index (χ1) is 14.2. The average molecular weight is 407 g/mol. The molecule has 1 atom stereocenters. The van der Waals surface area contributed by atoms with Crippen LogP contribution in [0.1, 0.15) is 28.2 Å². The van der Waals surface area contributed by atoms with E-state index in [1.165, 1.54) is 11.3 Å². The maximum absolute atomic E-state index is 12.8. The smallest absolute Gasteiger partial charge is 0.298 e. The van der Waals surface area contributed by atoms with Crippen LogP contribution in [0.2, 0.25) is 0 Å². The van der Waals surface area contributed by atoms with Gasteiger partial charge in [-0.3, -0.25) is 4.79 Å². The Morgan fingerprint density at radius 3 is 2.90 bits per heavy atom. The Bertz CT molecular complexity index is 1110. The van der Waals surface area contributed by atoms with E-state index >= 15 is 0 Å². The average Bonchev–Trinajstić information content (AvgIpc) is 3.51. The van der Waals surface area contributed by atoms with Crippen LogP contribution >= 0.6 is 11.3 Å². The number of nitrogens with one attached hydrogen (secondary N) is 1. The van der Waals surface area contributed by atoms with Crippen LogP contribution in [0.5, 0.6) is 0 Å². The molecular weight excluding hydrogens is 386 g/mol. The van der Waals surface area contributed by atoms with E-state index < -0.39 is 0 Å². The second-order valence-electron chi connectivity index (χ2n) is 7.16. The molecule has 1 amide bonds. The fraction of sp³-hybridized carbons (Fsp3) is 0.286. The minimum absolute atomic E-state index is 0.0807. The summed E-state index contributed by atoms with van der Waals surface area (Å²) in [5.41, 5.74) is 2.39. The lowest BCUT2D eigenvalue weighted by Crippen LogP contribution is -2.40. The molecule has 0 unspecified atom stereocenters. The minimum Gasteiger partial charge on any atom is -0.423 e. The molecule has 1 fully saturated rings. The molecule has 4 heterocycles. The van der Waals surface area contributed by atoms with Crippen LogP contribution in [0, 0.1) is 6.92 Å². The molecule has 0 saturated carbocycles. The zero-order valence-electron chi connectivity index (χ0n) is 16.0. The highest BCUT2D eigenvalue weighted by atomic mass is 32.1. The molecular formula is C21H21N5O2S. The first-order valence-corrected chi connectivity index (χ1v) is 10.5. The van der Waals surface area contributed by atoms with E-state index in [9.17, 15) is 4.79 Å². The van der Waals surface area contributed by atoms with Crippen LogP contribution < -0.4 is 10.2 Å². The largest absolute Gasteiger partial charge is 0.423 e. The maximum atomic E-state index is 12.8. The number of carbonyl (C=O) groups excluding carboxylic acids is 1. The highest BCUT2D eigenvalue weighted by Crippen LogP contribution is 2.28. The third-order valence-electron chi connectivity index (χ3n) is 5.22. The van der Waals surface area contributed by atoms with Gasteiger partial charge in [0, 0.05) is 25.5 Å². The van der Waals surface area contributed by atoms with E-state index in [1.807, 2.05) is 60.3 Å². The third kappa shape index (κ3) is 3.40. The lowest BCUT2D eigenvalue weighted by Gasteiger charge is -2.22. The van der Waals surface area contributed by atoms with Crippen molar-refractivity contribution in [3.8, 4) is 5.13 Å². The summed E-state index contributed by atoms with van der Waals surface area (Å²) in [7, 11) is 0. The molecule has 1 aliphatic rings. The number of hydrogen-bond donors (Lipinski definition) is 1. The van der Waals surface area contributed by atoms with Gasteiger partial charge < -0.3 is 19.2 Å². The summed E-state index contributed by atoms with van der Waals surface area (Å²) >= 11 is 1.40. The minimum atomic E-state index is -0.0807. The number of aromatic nitrogens is 3. The zero-order valence-corrected chi connectivity index (χ0v) is 16.9. The summed E-state index contributed by atoms with van der Waals surface area (Å²) < 4.78 is 7.85. The Kier molecular flexibility index (Phi) is 4.55. The van der Waals surface area contributed by atoms with Crippen molar-refractivity contribution in [2.75, 3.05) is 18.0 Å². The van der Waals surface area contributed by atoms with Crippen molar-refractivity contribution >= 4 is 34.4 Å². The van der Waals surface area contributed by atoms with Crippen LogP contribution in [0.3, 0.4) is 0 Å². The van der Waals surface area contributed by atoms with Gasteiger partial charge in [-0.25, -0.2) is 4.98 Å². The molecule has 5 rings (SSSR count). The molecule has 1 aliphatic heterocycles. The summed E-state index contributed by atoms with van der Waals surface area (Å²) in [4.78, 5) is 24.7. The van der Waals surface area contributed by atoms with Gasteiger partial charge in [-0.05, 0) is 44.0 Å². The number of para-hydroxylation sites is 2. The third-order valence-corrected chi connectivity index (χ3v) is 6.39. The number of benzene rings is 1. The van der Waals surface area contributed by atoms with E-state index in [1.54, 1.807) is 0 Å². The Morgan fingerprint density at radius 1 is 1.24 bits per heavy atom. The van der Waals surface area contributed by atoms with Crippen molar-refractivity contribution in [1.29, 1.82) is 0 Å². The van der Waals surface area contributed by atoms with Crippen LogP contribution in [0.15, 0.2) is 53.2 Å². The molecule has 29 heavy (non-hydrogen) atoms. The SMILES string of the molecule is Cc1nc(-n2cccc2)sc1C(=O)NC[C@H]1CCCN1c1nc2ccccc2o1. The van der Waals surface area contributed by atoms with Crippen molar-refractivity contribution < 1.29 is 9.21 Å². The second kappa shape index (κ2) is 7.36. The number of rotatable bonds is 5. The van der Waals surface area contributed by atoms with E-state index in [0.29, 0.717) is 17.4 Å². The number of thiazole rings is 1. The standard InChI is InChI=1S/C21H21N5O2S/c1-14-18(29-21(23-14)25-10-4-5-11-25)19(27)22-13-15-7-6-12-26(15)20-24-16-8-2-3-9-17(16)28-20/h2-5,8-11,15H,6-7,12-13H2,1H3,(H,22,27)/t15-/m1/s1. The fourth-order valence-corrected chi connectivity index (χ4v) is 4.69. The number of oxazole rings is 1. The molecule has 0 bridgehead atoms. The van der Waals surface area contributed by atoms with Crippen LogP contribution in [-0.4, -0.2) is 39.6 Å². The molecule has 148 valence electrons. The normalized spacial score (nSPS) is 16.6. The van der Waals surface area contributed by atoms with Gasteiger partial charge in [-0.2, -0.15) is 4.98 Å². The molecule has 0 spiro atoms. The van der Waals surface area contributed by atoms with Crippen molar-refractivity contribution in [2.45, 2.75) is 25.8 Å². The van der Waals surface area contributed by atoms with Crippen LogP contribution in [0.4, 0.5) is 6.01 Å². The van der Waals surface area contributed by atoms with Gasteiger partial charge in [0.2, 0.25) is 0 Å². The van der Waals surface area contributed by atoms with Crippen molar-refractivity contribution in [2.24, 2.45) is 0 Å². The molecule has 1 N–H and O–H groups in total. The zero-order chi connectivity index (χ0) is 19.8. The molecule has 8 heteroatoms. The Labute approximate surface area is 172 Å². The van der Waals surface area contributed by atoms with Gasteiger partial charge in [0.1, 0.15) is 10.4 Å². The molecule has 1 aromatic carbocycles. The van der Waals surface area contributed by atoms with Gasteiger partial charge >= 0.3 is 0 Å². The maximum Gasteiger partial charge on any atom is 0.298 e. The summed E-state index contributed by atoms with van der Waals surface area (Å²) in [6.07, 6.45) is 5.90. The van der Waals surface area contributed by atoms with Crippen molar-refractivity contribution in [1.82, 2.24) is 19.9 Å². The number of carbonyl (C=O) groups is 1. The molecule has 4 aromatic rings. The second-order valence-corrected chi connectivity index (χ2v) is 8.14. The number of anilines is 1. The van der Waals surface area contributed by atoms with E-state index in [2.05, 4.69) is 20.2 Å². The number of amides is 1. The predicted molar refractivity (Wildman–Crippen MR) is 113 cm³/mol. The summed E-state index contributed by atoms with van der Waals surface area (Å²) in [5.74, 6) is -0.0807. The van der Waals surface area contributed by atoms with Crippen molar-refractivity contribution in [3.63, 3.8) is 0 Å². The number of aryl methyl sites for hydroxylation is 1. The van der Waals surface area contributed by atoms with Gasteiger partial charge in [-0.1, -0.05) is 23.5 Å². The van der Waals surface area contributed by atoms with Crippen LogP contribution in [-0.2, 0) is 0 Å². The van der Waals surface area contributed by atoms with Gasteiger partial charge in [-0.15, -0.1) is 0 Å². The van der Waals surface area contributed by atoms with Crippen molar-refractivity contribution in [3.05, 3.63) is 59.4 Å². The summed E-state index contributed by atoms with van der Waals surface area (Å²) in [5, 5.41) is 3.88. The number of fused-ring (bicyclic) bond motifs is 1. The van der Waals surface area contributed by atoms with Crippen LogP contribution in [0.25, 0.3) is 16.2 Å². The Balaban J connectivity index is 1.28. The number of hydrogen-bond acceptors (Lipinski definition) is 6. The molecule has 0 aliphatic carbocycles. The predicted octanol–water partition coefficient (Wildman–Crippen LogP) is 3.78. The quantitative estimate of drug-likeness (QED) is 0.545. The molecule has 3 aromatic heterocycles. The lowest BCUT2D eigenvalue weighted by molar-refractivity contribution is 0.0954. The molecule has 0 radical (unpaired) electrons. The molecule has 1 saturated heterocycles. The van der Waals surface area contributed by atoms with Gasteiger partial charge in [0.25, 0.3) is 11.9 Å². The molecule has 7 nitrogen and oxygen atoms in total. The summed E-state index contributed by atoms with van der Waals surface area (Å²) in [6, 6.07) is 12.5. The Morgan fingerprint density at radius 2 is 2.07 bits per heavy atom.